The molecule has 0 spiro atoms. The maximum absolute atomic E-state index is 13.3. The average molecular weight is 2160 g/mol. The topological polar surface area (TPSA) is 236 Å². The Hall–Kier alpha value is -0.920. The van der Waals surface area contributed by atoms with Crippen molar-refractivity contribution in [1.29, 1.82) is 0 Å². The molecule has 0 bridgehead atoms. The van der Waals surface area contributed by atoms with E-state index >= 15 is 0 Å². The first-order valence-corrected chi connectivity index (χ1v) is 57.1. The molecular formula is C129H280F4O16. The summed E-state index contributed by atoms with van der Waals surface area (Å²) < 4.78 is 97.9. The first-order chi connectivity index (χ1) is 63.8. The Morgan fingerprint density at radius 3 is 0.282 bits per heavy atom. The van der Waals surface area contributed by atoms with Crippen LogP contribution in [0.1, 0.15) is 534 Å². The van der Waals surface area contributed by atoms with Crippen molar-refractivity contribution >= 4 is 0 Å². The molecular weight excluding hydrogens is 1880 g/mol. The third-order valence-electron chi connectivity index (χ3n) is 31.1. The van der Waals surface area contributed by atoms with Gasteiger partial charge in [-0.3, -0.25) is 0 Å². The largest absolute Gasteiger partial charge is 0.391 e. The maximum Gasteiger partial charge on any atom is 0.108 e. The lowest BCUT2D eigenvalue weighted by molar-refractivity contribution is -0.0762. The van der Waals surface area contributed by atoms with Gasteiger partial charge in [0.15, 0.2) is 0 Å². The van der Waals surface area contributed by atoms with Crippen LogP contribution in [-0.2, 0) is 37.9 Å². The van der Waals surface area contributed by atoms with Crippen molar-refractivity contribution in [2.24, 2.45) is 136 Å². The third-order valence-corrected chi connectivity index (χ3v) is 31.1. The molecule has 920 valence electrons. The van der Waals surface area contributed by atoms with E-state index in [2.05, 4.69) is 360 Å². The van der Waals surface area contributed by atoms with E-state index < -0.39 is 45.1 Å². The zero-order valence-electron chi connectivity index (χ0n) is 114. The van der Waals surface area contributed by atoms with Crippen LogP contribution >= 0.6 is 0 Å². The van der Waals surface area contributed by atoms with Crippen LogP contribution in [0.2, 0.25) is 0 Å². The molecule has 0 radical (unpaired) electrons. The van der Waals surface area contributed by atoms with Gasteiger partial charge in [0.25, 0.3) is 0 Å². The molecule has 0 aliphatic rings. The second-order valence-electron chi connectivity index (χ2n) is 62.7. The zero-order valence-corrected chi connectivity index (χ0v) is 114. The fourth-order valence-corrected chi connectivity index (χ4v) is 13.4. The Bertz CT molecular complexity index is 2630. The summed E-state index contributed by atoms with van der Waals surface area (Å²) in [5, 5.41) is 74.3. The van der Waals surface area contributed by atoms with Crippen molar-refractivity contribution in [3.63, 3.8) is 0 Å². The highest BCUT2D eigenvalue weighted by Gasteiger charge is 2.40. The summed E-state index contributed by atoms with van der Waals surface area (Å²) in [4.78, 5) is 0. The molecule has 16 nitrogen and oxygen atoms in total. The van der Waals surface area contributed by atoms with Crippen molar-refractivity contribution in [3.05, 3.63) is 0 Å². The predicted molar refractivity (Wildman–Crippen MR) is 646 cm³/mol. The number of hydrogen-bond donors (Lipinski definition) is 8. The molecule has 0 aromatic carbocycles. The number of alkyl halides is 4. The molecule has 0 unspecified atom stereocenters. The molecule has 0 saturated carbocycles. The van der Waals surface area contributed by atoms with Crippen LogP contribution in [-0.4, -0.2) is 212 Å². The van der Waals surface area contributed by atoms with Crippen molar-refractivity contribution in [2.75, 3.05) is 52.9 Å². The monoisotopic (exact) mass is 2160 g/mol. The van der Waals surface area contributed by atoms with Gasteiger partial charge >= 0.3 is 0 Å². The van der Waals surface area contributed by atoms with Gasteiger partial charge in [0.05, 0.1) is 149 Å². The molecule has 0 aromatic heterocycles. The molecule has 0 aliphatic heterocycles. The SMILES string of the molecule is C.C[C@@H](C(C)(C)C)C(C)(C)F.C[C@@H](C(C)(C)C)C(C)(C)F.C[C@@H](O)CO[C@H](C)[C@H](C)C(C)(C)C.C[C@@H](OCC(C)(C)O)[C@H](C)C(C)(C)C.C[C@H](C(C)(C)C)C(C)(C)F.C[C@H](C(C)(C)C)C(C)(C)F.C[C@H](O)CO[C@@H](C)[C@@H](C)C(C)(C)C.C[C@H](O)CO[C@H](C)[C@H](C)C(C)(C)C.C[C@H](OCC(C)(C)O)[C@@H](C)C(C)(C)C.C[C@H](OCC(C)(C)O)[C@H](C)C(C)(C)C.C[C@H](OC[C@@H](C)O)[C@@H](C)C(C)(C)C.C[C@H]([C@@H](C)OCC(C)(C)O)C(C)(C)C. The summed E-state index contributed by atoms with van der Waals surface area (Å²) in [6.45, 7) is 157. The molecule has 0 amide bonds. The van der Waals surface area contributed by atoms with E-state index in [0.717, 1.165) is 0 Å². The highest BCUT2D eigenvalue weighted by Crippen LogP contribution is 2.42. The second-order valence-corrected chi connectivity index (χ2v) is 62.7. The van der Waals surface area contributed by atoms with Crippen LogP contribution in [0.4, 0.5) is 17.6 Å². The van der Waals surface area contributed by atoms with Crippen LogP contribution in [0, 0.1) is 136 Å². The highest BCUT2D eigenvalue weighted by atomic mass is 19.2. The Morgan fingerprint density at radius 1 is 0.154 bits per heavy atom. The van der Waals surface area contributed by atoms with Gasteiger partial charge in [0, 0.05) is 0 Å². The molecule has 0 heterocycles. The number of aliphatic hydroxyl groups is 8. The first-order valence-electron chi connectivity index (χ1n) is 57.1. The molecule has 0 fully saturated rings. The van der Waals surface area contributed by atoms with E-state index in [-0.39, 0.29) is 169 Å². The Kier molecular flexibility index (Phi) is 86.2. The smallest absolute Gasteiger partial charge is 0.108 e. The van der Waals surface area contributed by atoms with Crippen molar-refractivity contribution in [2.45, 2.75) is 652 Å². The van der Waals surface area contributed by atoms with Gasteiger partial charge in [0.2, 0.25) is 0 Å². The lowest BCUT2D eigenvalue weighted by Crippen LogP contribution is -2.34. The summed E-state index contributed by atoms with van der Waals surface area (Å²) in [6.07, 6.45) is 0.0765. The van der Waals surface area contributed by atoms with Gasteiger partial charge in [-0.15, -0.1) is 0 Å². The zero-order chi connectivity index (χ0) is 123. The van der Waals surface area contributed by atoms with Gasteiger partial charge in [-0.2, -0.15) is 0 Å². The minimum atomic E-state index is -1.06. The van der Waals surface area contributed by atoms with Crippen molar-refractivity contribution in [1.82, 2.24) is 0 Å². The van der Waals surface area contributed by atoms with E-state index in [1.807, 2.05) is 27.7 Å². The summed E-state index contributed by atoms with van der Waals surface area (Å²) in [7, 11) is 0. The molecule has 0 rings (SSSR count). The van der Waals surface area contributed by atoms with Crippen LogP contribution in [0.15, 0.2) is 0 Å². The fraction of sp³-hybridized carbons (Fsp3) is 1.00. The number of hydrogen-bond acceptors (Lipinski definition) is 16. The fourth-order valence-electron chi connectivity index (χ4n) is 13.4. The van der Waals surface area contributed by atoms with Gasteiger partial charge in [0.1, 0.15) is 22.7 Å². The Morgan fingerprint density at radius 2 is 0.235 bits per heavy atom. The van der Waals surface area contributed by atoms with Crippen molar-refractivity contribution < 1.29 is 96.3 Å². The van der Waals surface area contributed by atoms with Crippen LogP contribution in [0.3, 0.4) is 0 Å². The van der Waals surface area contributed by atoms with E-state index in [4.69, 9.17) is 58.3 Å². The molecule has 0 aromatic rings. The third kappa shape index (κ3) is 106. The Balaban J connectivity index is -0.000000123. The quantitative estimate of drug-likeness (QED) is 0.0272. The van der Waals surface area contributed by atoms with Crippen LogP contribution < -0.4 is 0 Å². The highest BCUT2D eigenvalue weighted by molar-refractivity contribution is 4.89. The van der Waals surface area contributed by atoms with Gasteiger partial charge in [-0.05, 0) is 330 Å². The standard InChI is InChI=1S/4C12H26O2.4C11H24O2.4C9H19F.CH4/c4*1-9(11(3,4)5)10(2)14-8-12(6,7)13;4*1-8(12)7-13-10(3)9(2)11(4,5)6;4*1-7(8(2,3)4)9(5,6)10;/h4*9-10,13H,8H2,1-7H3;4*8-10,12H,7H2,1-6H3;4*7H,1-6H3;1H4/t2*9-,10+;2*9-,10-;2*8-,9+,10-;2*8-,9-,10+;4*7-;/m101010101100./s1. The molecule has 8 N–H and O–H groups in total. The lowest BCUT2D eigenvalue weighted by atomic mass is 9.74. The lowest BCUT2D eigenvalue weighted by Gasteiger charge is -2.34. The summed E-state index contributed by atoms with van der Waals surface area (Å²) in [5.74, 6) is 4.26. The number of rotatable bonds is 36. The van der Waals surface area contributed by atoms with Crippen molar-refractivity contribution in [3.8, 4) is 0 Å². The van der Waals surface area contributed by atoms with Gasteiger partial charge in [-0.25, -0.2) is 17.6 Å². The van der Waals surface area contributed by atoms with Gasteiger partial charge < -0.3 is 78.7 Å². The van der Waals surface area contributed by atoms with Crippen LogP contribution in [0.25, 0.3) is 0 Å². The molecule has 24 atom stereocenters. The van der Waals surface area contributed by atoms with Gasteiger partial charge in [-0.1, -0.05) is 340 Å². The summed E-state index contributed by atoms with van der Waals surface area (Å²) in [5.41, 5.74) is -4.84. The molecule has 0 aliphatic carbocycles. The number of aliphatic hydroxyl groups excluding tert-OH is 4. The summed E-state index contributed by atoms with van der Waals surface area (Å²) >= 11 is 0. The number of halogens is 4. The molecule has 0 saturated heterocycles. The van der Waals surface area contributed by atoms with E-state index in [1.54, 1.807) is 138 Å². The normalized spacial score (nSPS) is 18.2. The number of ether oxygens (including phenoxy) is 8. The Labute approximate surface area is 931 Å². The summed E-state index contributed by atoms with van der Waals surface area (Å²) in [6, 6.07) is 0. The molecule has 149 heavy (non-hydrogen) atoms. The minimum Gasteiger partial charge on any atom is -0.391 e. The predicted octanol–water partition coefficient (Wildman–Crippen LogP) is 35.5. The maximum atomic E-state index is 13.3. The van der Waals surface area contributed by atoms with E-state index in [1.165, 1.54) is 0 Å². The average Bonchev–Trinajstić information content (AvgIpc) is 0.851. The van der Waals surface area contributed by atoms with Crippen LogP contribution in [0.5, 0.6) is 0 Å². The second kappa shape index (κ2) is 73.2. The first kappa shape index (κ1) is 176. The van der Waals surface area contributed by atoms with E-state index in [9.17, 15) is 38.0 Å². The van der Waals surface area contributed by atoms with E-state index in [0.29, 0.717) is 100 Å². The molecule has 20 heteroatoms. The minimum absolute atomic E-state index is 0.